The molecule has 4 nitrogen and oxygen atoms in total. The molecule has 0 aromatic heterocycles. The fraction of sp³-hybridized carbons (Fsp3) is 0.900. The van der Waals surface area contributed by atoms with Gasteiger partial charge in [-0.25, -0.2) is 0 Å². The zero-order chi connectivity index (χ0) is 11.3. The molecule has 0 aliphatic carbocycles. The number of hydrogen-bond donors (Lipinski definition) is 0. The van der Waals surface area contributed by atoms with Crippen LogP contribution in [0.15, 0.2) is 0 Å². The molecule has 0 N–H and O–H groups in total. The van der Waals surface area contributed by atoms with E-state index in [0.29, 0.717) is 13.2 Å². The molecule has 0 aromatic carbocycles. The standard InChI is InChI=1S/C10H19BrN2O2/c1-12(2)5-7-15-8-6-13-4-3-9(11)10(13)14/h9H,3-8H2,1-2H3. The minimum atomic E-state index is 0.0271. The van der Waals surface area contributed by atoms with Gasteiger partial charge in [-0.2, -0.15) is 0 Å². The Labute approximate surface area is 99.7 Å². The molecule has 0 saturated carbocycles. The van der Waals surface area contributed by atoms with E-state index >= 15 is 0 Å². The van der Waals surface area contributed by atoms with Gasteiger partial charge in [-0.1, -0.05) is 15.9 Å². The average molecular weight is 279 g/mol. The van der Waals surface area contributed by atoms with E-state index in [1.165, 1.54) is 0 Å². The van der Waals surface area contributed by atoms with Crippen LogP contribution in [0.4, 0.5) is 0 Å². The van der Waals surface area contributed by atoms with E-state index < -0.39 is 0 Å². The molecule has 0 aromatic rings. The molecule has 1 aliphatic heterocycles. The van der Waals surface area contributed by atoms with Crippen molar-refractivity contribution in [1.29, 1.82) is 0 Å². The topological polar surface area (TPSA) is 32.8 Å². The number of likely N-dealkylation sites (N-methyl/N-ethyl adjacent to an activating group) is 1. The largest absolute Gasteiger partial charge is 0.378 e. The van der Waals surface area contributed by atoms with Gasteiger partial charge in [0.1, 0.15) is 0 Å². The molecule has 1 atom stereocenters. The monoisotopic (exact) mass is 278 g/mol. The first-order chi connectivity index (χ1) is 7.11. The molecular weight excluding hydrogens is 260 g/mol. The first-order valence-electron chi connectivity index (χ1n) is 5.26. The third-order valence-electron chi connectivity index (χ3n) is 2.42. The number of hydrogen-bond acceptors (Lipinski definition) is 3. The molecule has 0 bridgehead atoms. The van der Waals surface area contributed by atoms with Crippen molar-refractivity contribution in [3.05, 3.63) is 0 Å². The smallest absolute Gasteiger partial charge is 0.236 e. The van der Waals surface area contributed by atoms with Crippen molar-refractivity contribution in [1.82, 2.24) is 9.80 Å². The van der Waals surface area contributed by atoms with E-state index in [1.807, 2.05) is 19.0 Å². The lowest BCUT2D eigenvalue weighted by atomic mass is 10.4. The van der Waals surface area contributed by atoms with Crippen molar-refractivity contribution in [3.8, 4) is 0 Å². The lowest BCUT2D eigenvalue weighted by Crippen LogP contribution is -2.31. The maximum absolute atomic E-state index is 11.5. The Morgan fingerprint density at radius 1 is 1.53 bits per heavy atom. The molecular formula is C10H19BrN2O2. The number of likely N-dealkylation sites (tertiary alicyclic amines) is 1. The normalized spacial score (nSPS) is 21.7. The highest BCUT2D eigenvalue weighted by molar-refractivity contribution is 9.10. The van der Waals surface area contributed by atoms with Gasteiger partial charge in [0.15, 0.2) is 0 Å². The molecule has 1 saturated heterocycles. The van der Waals surface area contributed by atoms with Crippen molar-refractivity contribution in [3.63, 3.8) is 0 Å². The van der Waals surface area contributed by atoms with Gasteiger partial charge in [0.05, 0.1) is 18.0 Å². The van der Waals surface area contributed by atoms with Crippen molar-refractivity contribution in [2.24, 2.45) is 0 Å². The lowest BCUT2D eigenvalue weighted by molar-refractivity contribution is -0.127. The van der Waals surface area contributed by atoms with Gasteiger partial charge in [-0.15, -0.1) is 0 Å². The van der Waals surface area contributed by atoms with Gasteiger partial charge in [0.2, 0.25) is 5.91 Å². The summed E-state index contributed by atoms with van der Waals surface area (Å²) in [6, 6.07) is 0. The Morgan fingerprint density at radius 3 is 2.80 bits per heavy atom. The van der Waals surface area contributed by atoms with Gasteiger partial charge >= 0.3 is 0 Å². The third-order valence-corrected chi connectivity index (χ3v) is 3.27. The van der Waals surface area contributed by atoms with E-state index in [0.717, 1.165) is 26.1 Å². The number of nitrogens with zero attached hydrogens (tertiary/aromatic N) is 2. The predicted octanol–water partition coefficient (Wildman–Crippen LogP) is 0.560. The van der Waals surface area contributed by atoms with Crippen LogP contribution in [-0.4, -0.2) is 67.5 Å². The molecule has 88 valence electrons. The van der Waals surface area contributed by atoms with Gasteiger partial charge < -0.3 is 14.5 Å². The fourth-order valence-corrected chi connectivity index (χ4v) is 1.94. The Morgan fingerprint density at radius 2 is 2.27 bits per heavy atom. The molecule has 1 unspecified atom stereocenters. The first-order valence-corrected chi connectivity index (χ1v) is 6.18. The third kappa shape index (κ3) is 4.49. The summed E-state index contributed by atoms with van der Waals surface area (Å²) >= 11 is 3.35. The summed E-state index contributed by atoms with van der Waals surface area (Å²) in [5.41, 5.74) is 0. The highest BCUT2D eigenvalue weighted by atomic mass is 79.9. The summed E-state index contributed by atoms with van der Waals surface area (Å²) < 4.78 is 5.44. The van der Waals surface area contributed by atoms with Crippen LogP contribution in [0.2, 0.25) is 0 Å². The maximum Gasteiger partial charge on any atom is 0.236 e. The highest BCUT2D eigenvalue weighted by Gasteiger charge is 2.28. The summed E-state index contributed by atoms with van der Waals surface area (Å²) in [4.78, 5) is 15.5. The van der Waals surface area contributed by atoms with Gasteiger partial charge in [0, 0.05) is 19.6 Å². The quantitative estimate of drug-likeness (QED) is 0.526. The van der Waals surface area contributed by atoms with Crippen LogP contribution in [0.25, 0.3) is 0 Å². The van der Waals surface area contributed by atoms with Crippen LogP contribution in [0.1, 0.15) is 6.42 Å². The molecule has 15 heavy (non-hydrogen) atoms. The lowest BCUT2D eigenvalue weighted by Gasteiger charge is -2.16. The second kappa shape index (κ2) is 6.45. The minimum absolute atomic E-state index is 0.0271. The van der Waals surface area contributed by atoms with Crippen molar-refractivity contribution in [2.45, 2.75) is 11.2 Å². The van der Waals surface area contributed by atoms with Gasteiger partial charge in [-0.3, -0.25) is 4.79 Å². The van der Waals surface area contributed by atoms with Crippen molar-refractivity contribution in [2.75, 3.05) is 46.9 Å². The van der Waals surface area contributed by atoms with Crippen LogP contribution in [0.5, 0.6) is 0 Å². The van der Waals surface area contributed by atoms with Crippen LogP contribution >= 0.6 is 15.9 Å². The maximum atomic E-state index is 11.5. The number of alkyl halides is 1. The van der Waals surface area contributed by atoms with E-state index in [1.54, 1.807) is 0 Å². The average Bonchev–Trinajstić information content (AvgIpc) is 2.48. The Balaban J connectivity index is 2.03. The first kappa shape index (κ1) is 12.9. The van der Waals surface area contributed by atoms with E-state index in [-0.39, 0.29) is 10.7 Å². The summed E-state index contributed by atoms with van der Waals surface area (Å²) in [6.07, 6.45) is 0.913. The van der Waals surface area contributed by atoms with Crippen molar-refractivity contribution < 1.29 is 9.53 Å². The van der Waals surface area contributed by atoms with E-state index in [9.17, 15) is 4.79 Å². The highest BCUT2D eigenvalue weighted by Crippen LogP contribution is 2.17. The fourth-order valence-electron chi connectivity index (χ4n) is 1.45. The summed E-state index contributed by atoms with van der Waals surface area (Å²) in [5, 5.41) is 0. The molecule has 1 heterocycles. The predicted molar refractivity (Wildman–Crippen MR) is 63.3 cm³/mol. The van der Waals surface area contributed by atoms with Crippen LogP contribution < -0.4 is 0 Å². The van der Waals surface area contributed by atoms with Crippen LogP contribution in [0.3, 0.4) is 0 Å². The summed E-state index contributed by atoms with van der Waals surface area (Å²) in [7, 11) is 4.03. The Bertz CT molecular complexity index is 212. The van der Waals surface area contributed by atoms with E-state index in [2.05, 4.69) is 20.8 Å². The molecule has 5 heteroatoms. The molecule has 1 aliphatic rings. The van der Waals surface area contributed by atoms with Gasteiger partial charge in [0.25, 0.3) is 0 Å². The van der Waals surface area contributed by atoms with Crippen LogP contribution in [0, 0.1) is 0 Å². The van der Waals surface area contributed by atoms with E-state index in [4.69, 9.17) is 4.74 Å². The molecule has 1 fully saturated rings. The number of halogens is 1. The SMILES string of the molecule is CN(C)CCOCCN1CCC(Br)C1=O. The second-order valence-corrected chi connectivity index (χ2v) is 5.10. The number of carbonyl (C=O) groups excluding carboxylic acids is 1. The number of carbonyl (C=O) groups is 1. The number of ether oxygens (including phenoxy) is 1. The zero-order valence-corrected chi connectivity index (χ0v) is 11.0. The second-order valence-electron chi connectivity index (χ2n) is 4.00. The number of rotatable bonds is 6. The number of amides is 1. The minimum Gasteiger partial charge on any atom is -0.378 e. The Kier molecular flexibility index (Phi) is 5.56. The molecule has 0 spiro atoms. The Hall–Kier alpha value is -0.130. The molecule has 1 amide bonds. The van der Waals surface area contributed by atoms with Crippen LogP contribution in [-0.2, 0) is 9.53 Å². The molecule has 0 radical (unpaired) electrons. The van der Waals surface area contributed by atoms with Crippen molar-refractivity contribution >= 4 is 21.8 Å². The molecule has 1 rings (SSSR count). The zero-order valence-electron chi connectivity index (χ0n) is 9.41. The summed E-state index contributed by atoms with van der Waals surface area (Å²) in [5.74, 6) is 0.200. The van der Waals surface area contributed by atoms with Gasteiger partial charge in [-0.05, 0) is 20.5 Å². The summed E-state index contributed by atoms with van der Waals surface area (Å²) in [6.45, 7) is 3.86.